The molecule has 0 fully saturated rings. The maximum atomic E-state index is 12.4. The first-order valence-corrected chi connectivity index (χ1v) is 9.08. The van der Waals surface area contributed by atoms with Crippen LogP contribution in [0.2, 0.25) is 0 Å². The second-order valence-electron chi connectivity index (χ2n) is 7.08. The largest absolute Gasteiger partial charge is 0.479 e. The fourth-order valence-electron chi connectivity index (χ4n) is 2.45. The summed E-state index contributed by atoms with van der Waals surface area (Å²) in [5.74, 6) is 0.182. The maximum absolute atomic E-state index is 12.4. The predicted molar refractivity (Wildman–Crippen MR) is 106 cm³/mol. The smallest absolute Gasteiger partial charge is 0.347 e. The third kappa shape index (κ3) is 6.13. The molecule has 2 aromatic carbocycles. The zero-order valence-electron chi connectivity index (χ0n) is 16.5. The molecule has 1 atom stereocenters. The first-order valence-electron chi connectivity index (χ1n) is 9.08. The van der Waals surface area contributed by atoms with E-state index in [0.717, 1.165) is 16.8 Å². The number of hydrogen-bond donors (Lipinski definition) is 1. The van der Waals surface area contributed by atoms with Crippen LogP contribution in [0, 0.1) is 19.8 Å². The standard InChI is InChI=1S/C22H27NO4/c1-14(2)13-26-22(25)17(5)27-19-9-7-18(8-10-19)21(24)23-20-11-6-15(3)12-16(20)4/h6-12,14,17H,13H2,1-5H3,(H,23,24)/t17-/m0/s1. The van der Waals surface area contributed by atoms with Gasteiger partial charge in [0, 0.05) is 11.3 Å². The minimum absolute atomic E-state index is 0.196. The van der Waals surface area contributed by atoms with Crippen molar-refractivity contribution in [1.29, 1.82) is 0 Å². The highest BCUT2D eigenvalue weighted by Gasteiger charge is 2.17. The lowest BCUT2D eigenvalue weighted by Gasteiger charge is -2.15. The minimum Gasteiger partial charge on any atom is -0.479 e. The van der Waals surface area contributed by atoms with Gasteiger partial charge in [-0.15, -0.1) is 0 Å². The first-order chi connectivity index (χ1) is 12.8. The first kappa shape index (κ1) is 20.5. The summed E-state index contributed by atoms with van der Waals surface area (Å²) in [4.78, 5) is 24.3. The van der Waals surface area contributed by atoms with Crippen LogP contribution in [0.3, 0.4) is 0 Å². The van der Waals surface area contributed by atoms with Crippen LogP contribution in [0.1, 0.15) is 42.3 Å². The number of aryl methyl sites for hydroxylation is 2. The summed E-state index contributed by atoms with van der Waals surface area (Å²) < 4.78 is 10.7. The summed E-state index contributed by atoms with van der Waals surface area (Å²) in [5, 5.41) is 2.91. The molecule has 0 aromatic heterocycles. The van der Waals surface area contributed by atoms with Gasteiger partial charge in [0.1, 0.15) is 5.75 Å². The summed E-state index contributed by atoms with van der Waals surface area (Å²) in [7, 11) is 0. The molecule has 2 aromatic rings. The molecule has 0 aliphatic heterocycles. The van der Waals surface area contributed by atoms with Crippen LogP contribution in [0.25, 0.3) is 0 Å². The van der Waals surface area contributed by atoms with Crippen molar-refractivity contribution in [3.8, 4) is 5.75 Å². The van der Waals surface area contributed by atoms with Gasteiger partial charge in [-0.1, -0.05) is 31.5 Å². The number of esters is 1. The van der Waals surface area contributed by atoms with Crippen LogP contribution in [0.4, 0.5) is 5.69 Å². The number of carbonyl (C=O) groups is 2. The average Bonchev–Trinajstić information content (AvgIpc) is 2.62. The molecule has 5 nitrogen and oxygen atoms in total. The van der Waals surface area contributed by atoms with Crippen molar-refractivity contribution in [3.63, 3.8) is 0 Å². The van der Waals surface area contributed by atoms with E-state index in [2.05, 4.69) is 5.32 Å². The van der Waals surface area contributed by atoms with E-state index < -0.39 is 12.1 Å². The Morgan fingerprint density at radius 3 is 2.26 bits per heavy atom. The quantitative estimate of drug-likeness (QED) is 0.729. The topological polar surface area (TPSA) is 64.6 Å². The monoisotopic (exact) mass is 369 g/mol. The SMILES string of the molecule is Cc1ccc(NC(=O)c2ccc(O[C@@H](C)C(=O)OCC(C)C)cc2)c(C)c1. The molecule has 5 heteroatoms. The summed E-state index contributed by atoms with van der Waals surface area (Å²) in [5.41, 5.74) is 3.45. The number of nitrogens with one attached hydrogen (secondary N) is 1. The number of anilines is 1. The van der Waals surface area contributed by atoms with Crippen molar-refractivity contribution in [2.75, 3.05) is 11.9 Å². The van der Waals surface area contributed by atoms with Crippen LogP contribution in [-0.4, -0.2) is 24.6 Å². The number of carbonyl (C=O) groups excluding carboxylic acids is 2. The van der Waals surface area contributed by atoms with E-state index in [4.69, 9.17) is 9.47 Å². The average molecular weight is 369 g/mol. The third-order valence-corrected chi connectivity index (χ3v) is 3.95. The van der Waals surface area contributed by atoms with E-state index >= 15 is 0 Å². The zero-order valence-corrected chi connectivity index (χ0v) is 16.5. The predicted octanol–water partition coefficient (Wildman–Crippen LogP) is 4.52. The van der Waals surface area contributed by atoms with Crippen LogP contribution < -0.4 is 10.1 Å². The molecule has 2 rings (SSSR count). The molecule has 0 radical (unpaired) electrons. The number of benzene rings is 2. The summed E-state index contributed by atoms with van der Waals surface area (Å²) in [6.07, 6.45) is -0.710. The molecule has 0 heterocycles. The summed E-state index contributed by atoms with van der Waals surface area (Å²) in [6.45, 7) is 9.92. The molecule has 0 bridgehead atoms. The summed E-state index contributed by atoms with van der Waals surface area (Å²) >= 11 is 0. The molecule has 0 unspecified atom stereocenters. The summed E-state index contributed by atoms with van der Waals surface area (Å²) in [6, 6.07) is 12.5. The molecular formula is C22H27NO4. The van der Waals surface area contributed by atoms with Gasteiger partial charge in [0.25, 0.3) is 5.91 Å². The molecule has 0 spiro atoms. The van der Waals surface area contributed by atoms with Gasteiger partial charge in [-0.3, -0.25) is 4.79 Å². The van der Waals surface area contributed by atoms with Gasteiger partial charge in [-0.05, 0) is 62.6 Å². The Kier molecular flexibility index (Phi) is 6.99. The van der Waals surface area contributed by atoms with Gasteiger partial charge in [-0.2, -0.15) is 0 Å². The van der Waals surface area contributed by atoms with Gasteiger partial charge in [0.2, 0.25) is 0 Å². The molecule has 0 aliphatic rings. The normalized spacial score (nSPS) is 11.8. The third-order valence-electron chi connectivity index (χ3n) is 3.95. The van der Waals surface area contributed by atoms with Gasteiger partial charge in [-0.25, -0.2) is 4.79 Å². The fraction of sp³-hybridized carbons (Fsp3) is 0.364. The molecule has 0 saturated carbocycles. The van der Waals surface area contributed by atoms with Crippen LogP contribution in [-0.2, 0) is 9.53 Å². The Bertz CT molecular complexity index is 796. The molecule has 0 saturated heterocycles. The molecule has 0 aliphatic carbocycles. The number of hydrogen-bond acceptors (Lipinski definition) is 4. The van der Waals surface area contributed by atoms with E-state index in [-0.39, 0.29) is 11.8 Å². The van der Waals surface area contributed by atoms with Crippen molar-refractivity contribution in [2.45, 2.75) is 40.7 Å². The number of amides is 1. The van der Waals surface area contributed by atoms with E-state index in [0.29, 0.717) is 17.9 Å². The lowest BCUT2D eigenvalue weighted by Crippen LogP contribution is -2.27. The Morgan fingerprint density at radius 2 is 1.67 bits per heavy atom. The highest BCUT2D eigenvalue weighted by Crippen LogP contribution is 2.19. The van der Waals surface area contributed by atoms with Crippen molar-refractivity contribution in [2.24, 2.45) is 5.92 Å². The Morgan fingerprint density at radius 1 is 1.00 bits per heavy atom. The zero-order chi connectivity index (χ0) is 20.0. The molecule has 144 valence electrons. The Hall–Kier alpha value is -2.82. The van der Waals surface area contributed by atoms with Crippen molar-refractivity contribution >= 4 is 17.6 Å². The van der Waals surface area contributed by atoms with Crippen molar-refractivity contribution in [1.82, 2.24) is 0 Å². The van der Waals surface area contributed by atoms with Crippen molar-refractivity contribution < 1.29 is 19.1 Å². The number of rotatable bonds is 7. The van der Waals surface area contributed by atoms with Crippen LogP contribution >= 0.6 is 0 Å². The maximum Gasteiger partial charge on any atom is 0.347 e. The Balaban J connectivity index is 1.95. The molecule has 1 N–H and O–H groups in total. The minimum atomic E-state index is -0.710. The van der Waals surface area contributed by atoms with E-state index in [1.54, 1.807) is 31.2 Å². The second kappa shape index (κ2) is 9.21. The lowest BCUT2D eigenvalue weighted by molar-refractivity contribution is -0.152. The highest BCUT2D eigenvalue weighted by molar-refractivity contribution is 6.04. The number of ether oxygens (including phenoxy) is 2. The molecule has 27 heavy (non-hydrogen) atoms. The molecular weight excluding hydrogens is 342 g/mol. The Labute approximate surface area is 160 Å². The second-order valence-corrected chi connectivity index (χ2v) is 7.08. The van der Waals surface area contributed by atoms with E-state index in [1.165, 1.54) is 0 Å². The van der Waals surface area contributed by atoms with Crippen molar-refractivity contribution in [3.05, 3.63) is 59.2 Å². The van der Waals surface area contributed by atoms with E-state index in [1.807, 2.05) is 45.9 Å². The van der Waals surface area contributed by atoms with Crippen LogP contribution in [0.5, 0.6) is 5.75 Å². The van der Waals surface area contributed by atoms with Gasteiger partial charge < -0.3 is 14.8 Å². The fourth-order valence-corrected chi connectivity index (χ4v) is 2.45. The van der Waals surface area contributed by atoms with Gasteiger partial charge >= 0.3 is 5.97 Å². The lowest BCUT2D eigenvalue weighted by atomic mass is 10.1. The van der Waals surface area contributed by atoms with Gasteiger partial charge in [0.15, 0.2) is 6.10 Å². The van der Waals surface area contributed by atoms with Gasteiger partial charge in [0.05, 0.1) is 6.61 Å². The molecule has 1 amide bonds. The van der Waals surface area contributed by atoms with E-state index in [9.17, 15) is 9.59 Å². The van der Waals surface area contributed by atoms with Crippen LogP contribution in [0.15, 0.2) is 42.5 Å². The highest BCUT2D eigenvalue weighted by atomic mass is 16.6.